The number of carboxylic acid groups (broad SMARTS) is 1. The molecule has 2 rings (SSSR count). The van der Waals surface area contributed by atoms with E-state index in [9.17, 15) is 29.1 Å². The maximum absolute atomic E-state index is 14.3. The molecule has 300 valence electrons. The van der Waals surface area contributed by atoms with Crippen molar-refractivity contribution in [3.05, 3.63) is 35.9 Å². The number of nitrogens with zero attached hydrogens (tertiary/aromatic N) is 3. The predicted octanol–water partition coefficient (Wildman–Crippen LogP) is 5.68. The second-order valence-electron chi connectivity index (χ2n) is 16.0. The molecule has 1 fully saturated rings. The Morgan fingerprint density at radius 3 is 2.15 bits per heavy atom. The number of hydrogen-bond donors (Lipinski definition) is 2. The van der Waals surface area contributed by atoms with Gasteiger partial charge in [-0.2, -0.15) is 0 Å². The second kappa shape index (κ2) is 22.2. The molecule has 1 aromatic rings. The van der Waals surface area contributed by atoms with Gasteiger partial charge in [-0.3, -0.25) is 24.0 Å². The minimum atomic E-state index is -0.990. The fraction of sp³-hybridized carbons (Fsp3) is 0.738. The summed E-state index contributed by atoms with van der Waals surface area (Å²) < 4.78 is 6.03. The van der Waals surface area contributed by atoms with E-state index >= 15 is 0 Å². The number of carbonyl (C=O) groups is 5. The monoisotopic (exact) mass is 743 g/mol. The number of Topliss-reactive ketones (excluding diaryl/α,β-unsaturated/α-hetero) is 1. The molecule has 0 aliphatic carbocycles. The van der Waals surface area contributed by atoms with E-state index in [2.05, 4.69) is 13.8 Å². The maximum atomic E-state index is 14.3. The van der Waals surface area contributed by atoms with Gasteiger partial charge in [-0.05, 0) is 69.4 Å². The summed E-state index contributed by atoms with van der Waals surface area (Å²) in [4.78, 5) is 72.9. The number of ketones is 1. The van der Waals surface area contributed by atoms with E-state index in [0.29, 0.717) is 26.1 Å². The van der Waals surface area contributed by atoms with Crippen molar-refractivity contribution in [2.24, 2.45) is 41.2 Å². The number of carboxylic acids is 1. The van der Waals surface area contributed by atoms with Crippen LogP contribution in [0.25, 0.3) is 0 Å². The molecule has 1 aromatic carbocycles. The van der Waals surface area contributed by atoms with Gasteiger partial charge in [0.25, 0.3) is 0 Å². The highest BCUT2D eigenvalue weighted by molar-refractivity contribution is 5.87. The maximum Gasteiger partial charge on any atom is 0.307 e. The number of amides is 3. The Labute approximate surface area is 319 Å². The number of likely N-dealkylation sites (N-methyl/N-ethyl adjacent to an activating group) is 1. The Hall–Kier alpha value is -3.31. The first kappa shape index (κ1) is 45.8. The number of likely N-dealkylation sites (tertiary alicyclic amines) is 1. The molecule has 53 heavy (non-hydrogen) atoms. The van der Waals surface area contributed by atoms with E-state index in [1.165, 1.54) is 0 Å². The van der Waals surface area contributed by atoms with Gasteiger partial charge in [0.15, 0.2) is 0 Å². The lowest BCUT2D eigenvalue weighted by molar-refractivity contribution is -0.149. The Kier molecular flexibility index (Phi) is 19.2. The summed E-state index contributed by atoms with van der Waals surface area (Å²) in [5.74, 6) is -3.43. The Balaban J connectivity index is 2.22. The van der Waals surface area contributed by atoms with Crippen molar-refractivity contribution < 1.29 is 33.8 Å². The molecule has 3 N–H and O–H groups in total. The molecule has 0 unspecified atom stereocenters. The molecule has 1 aliphatic rings. The van der Waals surface area contributed by atoms with Crippen molar-refractivity contribution in [3.63, 3.8) is 0 Å². The summed E-state index contributed by atoms with van der Waals surface area (Å²) in [5.41, 5.74) is 6.61. The van der Waals surface area contributed by atoms with Gasteiger partial charge < -0.3 is 30.3 Å². The number of carbonyl (C=O) groups excluding carboxylic acids is 4. The van der Waals surface area contributed by atoms with Gasteiger partial charge in [0.05, 0.1) is 24.5 Å². The van der Waals surface area contributed by atoms with E-state index in [1.54, 1.807) is 24.0 Å². The zero-order chi connectivity index (χ0) is 40.0. The summed E-state index contributed by atoms with van der Waals surface area (Å²) in [6, 6.07) is 8.75. The first-order valence-corrected chi connectivity index (χ1v) is 19.9. The average molecular weight is 743 g/mol. The van der Waals surface area contributed by atoms with E-state index in [-0.39, 0.29) is 79.0 Å². The number of ether oxygens (including phenoxy) is 1. The Bertz CT molecular complexity index is 1320. The summed E-state index contributed by atoms with van der Waals surface area (Å²) in [6.45, 7) is 17.4. The first-order chi connectivity index (χ1) is 25.0. The van der Waals surface area contributed by atoms with Crippen LogP contribution >= 0.6 is 0 Å². The highest BCUT2D eigenvalue weighted by atomic mass is 16.5. The molecule has 0 bridgehead atoms. The molecule has 11 nitrogen and oxygen atoms in total. The lowest BCUT2D eigenvalue weighted by Gasteiger charge is -2.41. The number of aliphatic carboxylic acids is 1. The molecule has 0 radical (unpaired) electrons. The number of methoxy groups -OCH3 is 1. The Morgan fingerprint density at radius 1 is 0.981 bits per heavy atom. The molecule has 0 saturated carbocycles. The zero-order valence-corrected chi connectivity index (χ0v) is 34.3. The molecule has 1 aliphatic heterocycles. The van der Waals surface area contributed by atoms with Crippen molar-refractivity contribution in [3.8, 4) is 0 Å². The van der Waals surface area contributed by atoms with Gasteiger partial charge in [0.1, 0.15) is 5.78 Å². The van der Waals surface area contributed by atoms with Gasteiger partial charge in [-0.1, -0.05) is 78.3 Å². The SMILES string of the molecule is CC[C@H](C)[C@@H]([C@@H](CC(=O)N1CCC[C@H]1[C@H](C)[C@@H](C)C(=O)C[C@@H](Cc1ccccc1)C(=O)O)OC)N(C)C(=O)[C@@H](CC(=O)N(CCCN)C(C)C)C(C)C. The van der Waals surface area contributed by atoms with Crippen LogP contribution in [0.4, 0.5) is 0 Å². The predicted molar refractivity (Wildman–Crippen MR) is 209 cm³/mol. The standard InChI is InChI=1S/C42H70N4O7/c1-11-29(6)40(44(9)41(50)34(27(2)3)25-38(48)45(28(4)5)22-16-20-43)37(53-10)26-39(49)46-21-15-19-35(46)30(7)31(8)36(47)24-33(42(51)52)23-32-17-13-12-14-18-32/h12-14,17-18,27-31,33-35,37,40H,11,15-16,19-26,43H2,1-10H3,(H,51,52)/t29-,30+,31+,33+,34-,35-,37+,40-/m0/s1. The quantitative estimate of drug-likeness (QED) is 0.146. The van der Waals surface area contributed by atoms with Crippen molar-refractivity contribution in [2.75, 3.05) is 33.8 Å². The lowest BCUT2D eigenvalue weighted by Crippen LogP contribution is -2.53. The van der Waals surface area contributed by atoms with Gasteiger partial charge >= 0.3 is 5.97 Å². The fourth-order valence-corrected chi connectivity index (χ4v) is 7.98. The molecule has 8 atom stereocenters. The molecular formula is C42H70N4O7. The zero-order valence-electron chi connectivity index (χ0n) is 34.3. The summed E-state index contributed by atoms with van der Waals surface area (Å²) in [5, 5.41) is 9.92. The fourth-order valence-electron chi connectivity index (χ4n) is 7.98. The van der Waals surface area contributed by atoms with Gasteiger partial charge in [0.2, 0.25) is 17.7 Å². The lowest BCUT2D eigenvalue weighted by atomic mass is 9.81. The second-order valence-corrected chi connectivity index (χ2v) is 16.0. The van der Waals surface area contributed by atoms with E-state index in [0.717, 1.165) is 24.8 Å². The number of rotatable bonds is 23. The van der Waals surface area contributed by atoms with Crippen molar-refractivity contribution in [1.29, 1.82) is 0 Å². The van der Waals surface area contributed by atoms with Gasteiger partial charge in [-0.25, -0.2) is 0 Å². The highest BCUT2D eigenvalue weighted by Crippen LogP contribution is 2.33. The number of benzene rings is 1. The van der Waals surface area contributed by atoms with Crippen LogP contribution < -0.4 is 5.73 Å². The number of nitrogens with two attached hydrogens (primary N) is 1. The molecule has 0 aromatic heterocycles. The van der Waals surface area contributed by atoms with Crippen LogP contribution in [0.3, 0.4) is 0 Å². The number of hydrogen-bond acceptors (Lipinski definition) is 7. The molecular weight excluding hydrogens is 672 g/mol. The van der Waals surface area contributed by atoms with Crippen LogP contribution in [0, 0.1) is 35.5 Å². The summed E-state index contributed by atoms with van der Waals surface area (Å²) in [7, 11) is 3.34. The third kappa shape index (κ3) is 12.9. The molecule has 1 heterocycles. The van der Waals surface area contributed by atoms with Crippen LogP contribution in [0.2, 0.25) is 0 Å². The normalized spacial score (nSPS) is 18.6. The minimum absolute atomic E-state index is 0.00550. The van der Waals surface area contributed by atoms with Crippen LogP contribution in [-0.4, -0.2) is 107 Å². The van der Waals surface area contributed by atoms with E-state index in [1.807, 2.05) is 76.8 Å². The van der Waals surface area contributed by atoms with Crippen molar-refractivity contribution >= 4 is 29.5 Å². The first-order valence-electron chi connectivity index (χ1n) is 19.9. The van der Waals surface area contributed by atoms with Crippen LogP contribution in [0.5, 0.6) is 0 Å². The van der Waals surface area contributed by atoms with Crippen LogP contribution in [0.1, 0.15) is 106 Å². The van der Waals surface area contributed by atoms with E-state index < -0.39 is 35.9 Å². The van der Waals surface area contributed by atoms with Crippen LogP contribution in [0.15, 0.2) is 30.3 Å². The van der Waals surface area contributed by atoms with E-state index in [4.69, 9.17) is 10.5 Å². The minimum Gasteiger partial charge on any atom is -0.481 e. The third-order valence-corrected chi connectivity index (χ3v) is 11.8. The third-order valence-electron chi connectivity index (χ3n) is 11.8. The van der Waals surface area contributed by atoms with Gasteiger partial charge in [-0.15, -0.1) is 0 Å². The topological polar surface area (TPSA) is 151 Å². The molecule has 11 heteroatoms. The van der Waals surface area contributed by atoms with Gasteiger partial charge in [0, 0.05) is 64.0 Å². The summed E-state index contributed by atoms with van der Waals surface area (Å²) in [6.07, 6.45) is 2.80. The smallest absolute Gasteiger partial charge is 0.307 e. The average Bonchev–Trinajstić information content (AvgIpc) is 3.62. The van der Waals surface area contributed by atoms with Crippen molar-refractivity contribution in [2.45, 2.75) is 131 Å². The van der Waals surface area contributed by atoms with Crippen LogP contribution in [-0.2, 0) is 35.1 Å². The van der Waals surface area contributed by atoms with Crippen molar-refractivity contribution in [1.82, 2.24) is 14.7 Å². The molecule has 1 saturated heterocycles. The molecule has 0 spiro atoms. The molecule has 3 amide bonds. The highest BCUT2D eigenvalue weighted by Gasteiger charge is 2.42. The Morgan fingerprint density at radius 2 is 1.62 bits per heavy atom. The summed E-state index contributed by atoms with van der Waals surface area (Å²) >= 11 is 0. The largest absolute Gasteiger partial charge is 0.481 e.